The molecule has 43 heavy (non-hydrogen) atoms. The molecule has 0 radical (unpaired) electrons. The monoisotopic (exact) mass is 580 g/mol. The maximum Gasteiger partial charge on any atom is 0.184 e. The van der Waals surface area contributed by atoms with Gasteiger partial charge in [-0.25, -0.2) is 0 Å². The molecule has 7 nitrogen and oxygen atoms in total. The smallest absolute Gasteiger partial charge is 0.184 e. The van der Waals surface area contributed by atoms with Gasteiger partial charge in [-0.15, -0.1) is 0 Å². The van der Waals surface area contributed by atoms with Crippen LogP contribution in [0.1, 0.15) is 52.2 Å². The number of nitrogens with zero attached hydrogens (tertiary/aromatic N) is 1. The van der Waals surface area contributed by atoms with Gasteiger partial charge in [0.05, 0.1) is 33.0 Å². The van der Waals surface area contributed by atoms with Crippen LogP contribution in [-0.2, 0) is 35.6 Å². The Morgan fingerprint density at radius 3 is 2.26 bits per heavy atom. The van der Waals surface area contributed by atoms with Gasteiger partial charge in [0.1, 0.15) is 0 Å². The zero-order valence-corrected chi connectivity index (χ0v) is 24.9. The van der Waals surface area contributed by atoms with E-state index in [1.807, 2.05) is 24.3 Å². The zero-order chi connectivity index (χ0) is 29.8. The third-order valence-electron chi connectivity index (χ3n) is 8.53. The number of aliphatic hydroxyl groups is 1. The Bertz CT molecular complexity index is 1540. The van der Waals surface area contributed by atoms with Gasteiger partial charge in [0.2, 0.25) is 0 Å². The van der Waals surface area contributed by atoms with E-state index >= 15 is 0 Å². The highest BCUT2D eigenvalue weighted by atomic mass is 16.7. The van der Waals surface area contributed by atoms with Gasteiger partial charge in [0.25, 0.3) is 0 Å². The van der Waals surface area contributed by atoms with Crippen LogP contribution in [0.2, 0.25) is 0 Å². The molecule has 3 unspecified atom stereocenters. The summed E-state index contributed by atoms with van der Waals surface area (Å²) in [6, 6.07) is 29.0. The third kappa shape index (κ3) is 6.61. The summed E-state index contributed by atoms with van der Waals surface area (Å²) in [5, 5.41) is 9.56. The Kier molecular flexibility index (Phi) is 9.07. The second-order valence-electron chi connectivity index (χ2n) is 11.3. The van der Waals surface area contributed by atoms with Crippen molar-refractivity contribution in [2.75, 3.05) is 27.3 Å². The lowest BCUT2D eigenvalue weighted by atomic mass is 9.96. The standard InChI is InChI=1S/C36H40N2O5/c1-40-34-17-29-13-14-38(21-31(29)18-35(34)41-2)22-32-19-33(26-11-9-24(23-39)10-12-26)43-36(42-32)30-8-4-7-28(16-30)27-6-3-5-25(15-27)20-37/h3-12,15-18,32-33,36,39H,13-14,19-23,37H2,1-2H3. The first-order valence-electron chi connectivity index (χ1n) is 14.9. The van der Waals surface area contributed by atoms with Gasteiger partial charge in [0.15, 0.2) is 17.8 Å². The molecular formula is C36H40N2O5. The second-order valence-corrected chi connectivity index (χ2v) is 11.3. The summed E-state index contributed by atoms with van der Waals surface area (Å²) in [4.78, 5) is 2.46. The van der Waals surface area contributed by atoms with Crippen LogP contribution in [0, 0.1) is 0 Å². The van der Waals surface area contributed by atoms with Crippen molar-refractivity contribution in [2.45, 2.75) is 51.0 Å². The number of methoxy groups -OCH3 is 2. The van der Waals surface area contributed by atoms with Crippen molar-refractivity contribution in [3.05, 3.63) is 118 Å². The number of nitrogens with two attached hydrogens (primary N) is 1. The lowest BCUT2D eigenvalue weighted by molar-refractivity contribution is -0.253. The first-order chi connectivity index (χ1) is 21.1. The Morgan fingerprint density at radius 2 is 1.53 bits per heavy atom. The van der Waals surface area contributed by atoms with Gasteiger partial charge in [-0.1, -0.05) is 60.7 Å². The topological polar surface area (TPSA) is 86.4 Å². The second kappa shape index (κ2) is 13.3. The van der Waals surface area contributed by atoms with Crippen LogP contribution >= 0.6 is 0 Å². The molecule has 0 amide bonds. The number of ether oxygens (including phenoxy) is 4. The van der Waals surface area contributed by atoms with E-state index in [1.54, 1.807) is 14.2 Å². The highest BCUT2D eigenvalue weighted by Crippen LogP contribution is 2.40. The molecule has 2 aliphatic rings. The quantitative estimate of drug-likeness (QED) is 0.254. The van der Waals surface area contributed by atoms with Crippen molar-refractivity contribution in [1.29, 1.82) is 0 Å². The zero-order valence-electron chi connectivity index (χ0n) is 24.9. The average molecular weight is 581 g/mol. The molecule has 0 bridgehead atoms. The summed E-state index contributed by atoms with van der Waals surface area (Å²) in [6.45, 7) is 3.07. The first kappa shape index (κ1) is 29.4. The van der Waals surface area contributed by atoms with Gasteiger partial charge in [0, 0.05) is 38.2 Å². The van der Waals surface area contributed by atoms with Crippen LogP contribution in [0.4, 0.5) is 0 Å². The summed E-state index contributed by atoms with van der Waals surface area (Å²) >= 11 is 0. The molecule has 3 N–H and O–H groups in total. The van der Waals surface area contributed by atoms with Crippen LogP contribution in [0.25, 0.3) is 11.1 Å². The molecule has 4 aromatic carbocycles. The van der Waals surface area contributed by atoms with E-state index in [1.165, 1.54) is 11.1 Å². The summed E-state index contributed by atoms with van der Waals surface area (Å²) in [7, 11) is 3.36. The Balaban J connectivity index is 1.25. The molecule has 1 saturated heterocycles. The highest BCUT2D eigenvalue weighted by Gasteiger charge is 2.34. The van der Waals surface area contributed by atoms with E-state index in [0.717, 1.165) is 77.4 Å². The Labute approximate surface area is 253 Å². The van der Waals surface area contributed by atoms with Crippen LogP contribution < -0.4 is 15.2 Å². The Hall–Kier alpha value is -3.72. The molecule has 3 atom stereocenters. The summed E-state index contributed by atoms with van der Waals surface area (Å²) in [6.07, 6.45) is 0.996. The summed E-state index contributed by atoms with van der Waals surface area (Å²) in [5.41, 5.74) is 14.7. The largest absolute Gasteiger partial charge is 0.493 e. The minimum Gasteiger partial charge on any atom is -0.493 e. The number of aliphatic hydroxyl groups excluding tert-OH is 1. The molecule has 1 fully saturated rings. The summed E-state index contributed by atoms with van der Waals surface area (Å²) < 4.78 is 24.5. The minimum atomic E-state index is -0.514. The molecule has 4 aromatic rings. The van der Waals surface area contributed by atoms with Crippen LogP contribution in [0.15, 0.2) is 84.9 Å². The fourth-order valence-electron chi connectivity index (χ4n) is 6.16. The van der Waals surface area contributed by atoms with Crippen LogP contribution in [0.5, 0.6) is 11.5 Å². The predicted octanol–water partition coefficient (Wildman–Crippen LogP) is 5.93. The Morgan fingerprint density at radius 1 is 0.814 bits per heavy atom. The number of hydrogen-bond acceptors (Lipinski definition) is 7. The predicted molar refractivity (Wildman–Crippen MR) is 167 cm³/mol. The number of benzene rings is 4. The van der Waals surface area contributed by atoms with E-state index in [4.69, 9.17) is 24.7 Å². The van der Waals surface area contributed by atoms with Gasteiger partial charge in [-0.2, -0.15) is 0 Å². The van der Waals surface area contributed by atoms with E-state index in [2.05, 4.69) is 65.6 Å². The molecule has 0 saturated carbocycles. The number of rotatable bonds is 9. The minimum absolute atomic E-state index is 0.0193. The SMILES string of the molecule is COc1cc2c(cc1OC)CN(CC1CC(c3ccc(CO)cc3)OC(c3cccc(-c4cccc(CN)c4)c3)O1)CC2. The van der Waals surface area contributed by atoms with Crippen molar-refractivity contribution in [3.63, 3.8) is 0 Å². The number of fused-ring (bicyclic) bond motifs is 1. The summed E-state index contributed by atoms with van der Waals surface area (Å²) in [5.74, 6) is 1.53. The van der Waals surface area contributed by atoms with E-state index in [9.17, 15) is 5.11 Å². The van der Waals surface area contributed by atoms with Crippen molar-refractivity contribution >= 4 is 0 Å². The van der Waals surface area contributed by atoms with Crippen molar-refractivity contribution < 1.29 is 24.1 Å². The van der Waals surface area contributed by atoms with Gasteiger partial charge < -0.3 is 29.8 Å². The lowest BCUT2D eigenvalue weighted by Gasteiger charge is -2.39. The molecule has 0 aromatic heterocycles. The van der Waals surface area contributed by atoms with Crippen molar-refractivity contribution in [1.82, 2.24) is 4.90 Å². The van der Waals surface area contributed by atoms with Crippen molar-refractivity contribution in [3.8, 4) is 22.6 Å². The maximum atomic E-state index is 9.56. The van der Waals surface area contributed by atoms with Crippen molar-refractivity contribution in [2.24, 2.45) is 5.73 Å². The normalized spacial score (nSPS) is 20.4. The molecular weight excluding hydrogens is 540 g/mol. The molecule has 0 aliphatic carbocycles. The maximum absolute atomic E-state index is 9.56. The highest BCUT2D eigenvalue weighted by molar-refractivity contribution is 5.65. The molecule has 2 heterocycles. The fourth-order valence-corrected chi connectivity index (χ4v) is 6.16. The van der Waals surface area contributed by atoms with Crippen LogP contribution in [0.3, 0.4) is 0 Å². The van der Waals surface area contributed by atoms with Gasteiger partial charge in [-0.3, -0.25) is 4.90 Å². The number of hydrogen-bond donors (Lipinski definition) is 2. The average Bonchev–Trinajstić information content (AvgIpc) is 3.07. The molecule has 224 valence electrons. The van der Waals surface area contributed by atoms with E-state index in [-0.39, 0.29) is 18.8 Å². The molecule has 7 heteroatoms. The lowest BCUT2D eigenvalue weighted by Crippen LogP contribution is -2.41. The first-order valence-corrected chi connectivity index (χ1v) is 14.9. The molecule has 2 aliphatic heterocycles. The van der Waals surface area contributed by atoms with Crippen LogP contribution in [-0.4, -0.2) is 43.4 Å². The molecule has 0 spiro atoms. The van der Waals surface area contributed by atoms with E-state index in [0.29, 0.717) is 6.54 Å². The molecule has 6 rings (SSSR count). The third-order valence-corrected chi connectivity index (χ3v) is 8.53. The van der Waals surface area contributed by atoms with E-state index < -0.39 is 6.29 Å². The van der Waals surface area contributed by atoms with Gasteiger partial charge >= 0.3 is 0 Å². The van der Waals surface area contributed by atoms with Gasteiger partial charge in [-0.05, 0) is 69.6 Å². The fraction of sp³-hybridized carbons (Fsp3) is 0.333.